The van der Waals surface area contributed by atoms with Gasteiger partial charge in [-0.25, -0.2) is 0 Å². The molecule has 6 N–H and O–H groups in total. The predicted molar refractivity (Wildman–Crippen MR) is 58.2 cm³/mol. The fourth-order valence-corrected chi connectivity index (χ4v) is 1.41. The Morgan fingerprint density at radius 1 is 0.692 bits per heavy atom. The van der Waals surface area contributed by atoms with Crippen LogP contribution in [-0.2, 0) is 0 Å². The van der Waals surface area contributed by atoms with Crippen LogP contribution in [0.5, 0.6) is 0 Å². The number of rotatable bonds is 9. The van der Waals surface area contributed by atoms with Crippen molar-refractivity contribution < 1.29 is 0 Å². The molecule has 0 saturated carbocycles. The van der Waals surface area contributed by atoms with Gasteiger partial charge in [-0.3, -0.25) is 0 Å². The number of hydrogen-bond acceptors (Lipinski definition) is 3. The predicted octanol–water partition coefficient (Wildman–Crippen LogP) is 1.31. The first kappa shape index (κ1) is 12.9. The summed E-state index contributed by atoms with van der Waals surface area (Å²) in [5, 5.41) is 0. The summed E-state index contributed by atoms with van der Waals surface area (Å²) < 4.78 is 0. The zero-order chi connectivity index (χ0) is 9.94. The molecule has 0 aliphatic carbocycles. The van der Waals surface area contributed by atoms with Crippen LogP contribution in [0, 0.1) is 0 Å². The molecule has 0 saturated heterocycles. The Morgan fingerprint density at radius 2 is 1.15 bits per heavy atom. The van der Waals surface area contributed by atoms with Gasteiger partial charge in [0.05, 0.1) is 6.17 Å². The highest BCUT2D eigenvalue weighted by atomic mass is 14.8. The van der Waals surface area contributed by atoms with Gasteiger partial charge in [-0.2, -0.15) is 0 Å². The highest BCUT2D eigenvalue weighted by Gasteiger charge is 1.94. The third-order valence-electron chi connectivity index (χ3n) is 2.24. The van der Waals surface area contributed by atoms with Crippen molar-refractivity contribution in [2.75, 3.05) is 6.54 Å². The molecule has 0 aromatic heterocycles. The summed E-state index contributed by atoms with van der Waals surface area (Å²) in [4.78, 5) is 0. The molecule has 13 heavy (non-hydrogen) atoms. The fourth-order valence-electron chi connectivity index (χ4n) is 1.41. The molecule has 80 valence electrons. The molecule has 0 amide bonds. The van der Waals surface area contributed by atoms with E-state index in [1.807, 2.05) is 0 Å². The molecular formula is C10H25N3. The van der Waals surface area contributed by atoms with Gasteiger partial charge in [-0.15, -0.1) is 0 Å². The molecule has 0 aromatic rings. The molecule has 0 aromatic carbocycles. The van der Waals surface area contributed by atoms with Crippen LogP contribution < -0.4 is 17.2 Å². The minimum atomic E-state index is -0.114. The maximum atomic E-state index is 5.44. The molecule has 3 heteroatoms. The summed E-state index contributed by atoms with van der Waals surface area (Å²) in [6.07, 6.45) is 9.73. The van der Waals surface area contributed by atoms with Crippen molar-refractivity contribution >= 4 is 0 Å². The maximum Gasteiger partial charge on any atom is 0.0520 e. The van der Waals surface area contributed by atoms with Gasteiger partial charge in [0, 0.05) is 0 Å². The lowest BCUT2D eigenvalue weighted by Gasteiger charge is -2.04. The Hall–Kier alpha value is -0.120. The van der Waals surface area contributed by atoms with Crippen molar-refractivity contribution in [2.45, 2.75) is 57.5 Å². The molecule has 0 heterocycles. The largest absolute Gasteiger partial charge is 0.330 e. The molecule has 0 atom stereocenters. The zero-order valence-electron chi connectivity index (χ0n) is 8.67. The van der Waals surface area contributed by atoms with Gasteiger partial charge in [0.15, 0.2) is 0 Å². The molecular weight excluding hydrogens is 162 g/mol. The molecule has 0 bridgehead atoms. The van der Waals surface area contributed by atoms with Gasteiger partial charge in [0.1, 0.15) is 0 Å². The van der Waals surface area contributed by atoms with E-state index in [2.05, 4.69) is 0 Å². The minimum Gasteiger partial charge on any atom is -0.330 e. The Kier molecular flexibility index (Phi) is 9.87. The molecule has 3 nitrogen and oxygen atoms in total. The number of nitrogens with two attached hydrogens (primary N) is 3. The Bertz CT molecular complexity index is 94.2. The Morgan fingerprint density at radius 3 is 1.62 bits per heavy atom. The van der Waals surface area contributed by atoms with Crippen molar-refractivity contribution in [2.24, 2.45) is 17.2 Å². The van der Waals surface area contributed by atoms with Crippen LogP contribution >= 0.6 is 0 Å². The second-order valence-electron chi connectivity index (χ2n) is 3.72. The lowest BCUT2D eigenvalue weighted by molar-refractivity contribution is 0.536. The van der Waals surface area contributed by atoms with Gasteiger partial charge >= 0.3 is 0 Å². The van der Waals surface area contributed by atoms with E-state index in [9.17, 15) is 0 Å². The van der Waals surface area contributed by atoms with Crippen molar-refractivity contribution in [3.8, 4) is 0 Å². The van der Waals surface area contributed by atoms with E-state index in [0.717, 1.165) is 13.0 Å². The fraction of sp³-hybridized carbons (Fsp3) is 1.00. The highest BCUT2D eigenvalue weighted by Crippen LogP contribution is 2.08. The van der Waals surface area contributed by atoms with E-state index in [0.29, 0.717) is 0 Å². The Balaban J connectivity index is 2.84. The quantitative estimate of drug-likeness (QED) is 0.376. The van der Waals surface area contributed by atoms with Crippen molar-refractivity contribution in [3.63, 3.8) is 0 Å². The average molecular weight is 187 g/mol. The van der Waals surface area contributed by atoms with Crippen molar-refractivity contribution in [1.29, 1.82) is 0 Å². The average Bonchev–Trinajstić information content (AvgIpc) is 2.09. The van der Waals surface area contributed by atoms with Gasteiger partial charge in [-0.05, 0) is 19.4 Å². The maximum absolute atomic E-state index is 5.44. The summed E-state index contributed by atoms with van der Waals surface area (Å²) in [6.45, 7) is 0.835. The first-order chi connectivity index (χ1) is 6.27. The van der Waals surface area contributed by atoms with E-state index in [4.69, 9.17) is 17.2 Å². The van der Waals surface area contributed by atoms with Crippen LogP contribution in [0.25, 0.3) is 0 Å². The molecule has 0 rings (SSSR count). The normalized spacial score (nSPS) is 11.1. The van der Waals surface area contributed by atoms with E-state index < -0.39 is 0 Å². The first-order valence-electron chi connectivity index (χ1n) is 5.48. The third kappa shape index (κ3) is 11.9. The smallest absolute Gasteiger partial charge is 0.0520 e. The zero-order valence-corrected chi connectivity index (χ0v) is 8.67. The number of hydrogen-bond donors (Lipinski definition) is 3. The van der Waals surface area contributed by atoms with E-state index in [1.165, 1.54) is 44.9 Å². The van der Waals surface area contributed by atoms with Gasteiger partial charge in [0.2, 0.25) is 0 Å². The second-order valence-corrected chi connectivity index (χ2v) is 3.72. The van der Waals surface area contributed by atoms with Gasteiger partial charge in [0.25, 0.3) is 0 Å². The molecule has 0 fully saturated rings. The molecule has 0 radical (unpaired) electrons. The van der Waals surface area contributed by atoms with Crippen LogP contribution in [0.4, 0.5) is 0 Å². The van der Waals surface area contributed by atoms with Crippen molar-refractivity contribution in [3.05, 3.63) is 0 Å². The second kappa shape index (κ2) is 9.96. The SMILES string of the molecule is NCCCCCCCCCC(N)N. The summed E-state index contributed by atoms with van der Waals surface area (Å²) in [5.74, 6) is 0. The molecule has 0 unspecified atom stereocenters. The Labute approximate surface area is 82.0 Å². The van der Waals surface area contributed by atoms with Crippen LogP contribution in [0.3, 0.4) is 0 Å². The number of unbranched alkanes of at least 4 members (excludes halogenated alkanes) is 6. The minimum absolute atomic E-state index is 0.114. The molecule has 0 aliphatic rings. The van der Waals surface area contributed by atoms with E-state index in [1.54, 1.807) is 0 Å². The molecule has 0 spiro atoms. The third-order valence-corrected chi connectivity index (χ3v) is 2.24. The van der Waals surface area contributed by atoms with Crippen LogP contribution in [0.2, 0.25) is 0 Å². The van der Waals surface area contributed by atoms with E-state index >= 15 is 0 Å². The summed E-state index contributed by atoms with van der Waals surface area (Å²) in [6, 6.07) is 0. The first-order valence-corrected chi connectivity index (χ1v) is 5.48. The van der Waals surface area contributed by atoms with Crippen molar-refractivity contribution in [1.82, 2.24) is 0 Å². The van der Waals surface area contributed by atoms with Crippen LogP contribution in [0.15, 0.2) is 0 Å². The van der Waals surface area contributed by atoms with Gasteiger partial charge in [-0.1, -0.05) is 38.5 Å². The molecule has 0 aliphatic heterocycles. The highest BCUT2D eigenvalue weighted by molar-refractivity contribution is 4.52. The standard InChI is InChI=1S/C10H25N3/c11-9-7-5-3-1-2-4-6-8-10(12)13/h10H,1-9,11-13H2. The summed E-state index contributed by atoms with van der Waals surface area (Å²) >= 11 is 0. The summed E-state index contributed by atoms with van der Waals surface area (Å²) in [5.41, 5.74) is 16.3. The summed E-state index contributed by atoms with van der Waals surface area (Å²) in [7, 11) is 0. The van der Waals surface area contributed by atoms with Crippen LogP contribution in [0.1, 0.15) is 51.4 Å². The lowest BCUT2D eigenvalue weighted by Crippen LogP contribution is -2.29. The van der Waals surface area contributed by atoms with Gasteiger partial charge < -0.3 is 17.2 Å². The van der Waals surface area contributed by atoms with Crippen LogP contribution in [-0.4, -0.2) is 12.7 Å². The lowest BCUT2D eigenvalue weighted by atomic mass is 10.1. The van der Waals surface area contributed by atoms with E-state index in [-0.39, 0.29) is 6.17 Å². The topological polar surface area (TPSA) is 78.1 Å². The monoisotopic (exact) mass is 187 g/mol.